The number of alkyl halides is 2. The summed E-state index contributed by atoms with van der Waals surface area (Å²) >= 11 is 16.7. The Balaban J connectivity index is 0.000000234. The summed E-state index contributed by atoms with van der Waals surface area (Å²) in [4.78, 5) is 48.1. The van der Waals surface area contributed by atoms with Gasteiger partial charge in [0.1, 0.15) is 42.1 Å². The van der Waals surface area contributed by atoms with Crippen LogP contribution in [0.15, 0.2) is 32.2 Å². The average molecular weight is 1140 g/mol. The number of esters is 2. The Morgan fingerprint density at radius 3 is 1.73 bits per heavy atom. The summed E-state index contributed by atoms with van der Waals surface area (Å²) in [6, 6.07) is 0. The first-order valence-electron chi connectivity index (χ1n) is 21.5. The lowest BCUT2D eigenvalue weighted by Crippen LogP contribution is -2.57. The van der Waals surface area contributed by atoms with E-state index in [0.29, 0.717) is 44.9 Å². The first-order valence-corrected chi connectivity index (χ1v) is 24.6. The molecule has 0 bridgehead atoms. The molecule has 14 nitrogen and oxygen atoms in total. The second kappa shape index (κ2) is 24.2. The maximum atomic E-state index is 12.5. The third-order valence-corrected chi connectivity index (χ3v) is 14.2. The maximum Gasteiger partial charge on any atom is 0.308 e. The van der Waals surface area contributed by atoms with Crippen molar-refractivity contribution in [2.75, 3.05) is 14.2 Å². The third kappa shape index (κ3) is 14.0. The molecule has 17 atom stereocenters. The van der Waals surface area contributed by atoms with Crippen LogP contribution in [0.2, 0.25) is 0 Å². The van der Waals surface area contributed by atoms with Crippen molar-refractivity contribution in [3.05, 3.63) is 32.2 Å². The van der Waals surface area contributed by atoms with Gasteiger partial charge in [0.05, 0.1) is 75.9 Å². The van der Waals surface area contributed by atoms with Crippen LogP contribution in [-0.2, 0) is 57.1 Å². The zero-order valence-electron chi connectivity index (χ0n) is 35.8. The van der Waals surface area contributed by atoms with Gasteiger partial charge in [-0.3, -0.25) is 19.2 Å². The monoisotopic (exact) mass is 1140 g/mol. The third-order valence-electron chi connectivity index (χ3n) is 12.6. The highest BCUT2D eigenvalue weighted by Crippen LogP contribution is 2.44. The van der Waals surface area contributed by atoms with Gasteiger partial charge in [-0.2, -0.15) is 0 Å². The van der Waals surface area contributed by atoms with Gasteiger partial charge >= 0.3 is 11.9 Å². The number of carbonyl (C=O) groups is 4. The quantitative estimate of drug-likeness (QED) is 0.0675. The molecule has 0 aromatic rings. The predicted octanol–water partition coefficient (Wildman–Crippen LogP) is 6.75. The average Bonchev–Trinajstić information content (AvgIpc) is 3.70. The molecule has 6 saturated heterocycles. The van der Waals surface area contributed by atoms with Crippen LogP contribution >= 0.6 is 68.4 Å². The smallest absolute Gasteiger partial charge is 0.308 e. The molecule has 0 spiro atoms. The fourth-order valence-electron chi connectivity index (χ4n) is 9.30. The zero-order valence-corrected chi connectivity index (χ0v) is 41.6. The number of fused-ring (bicyclic) bond motifs is 4. The van der Waals surface area contributed by atoms with Crippen LogP contribution in [0, 0.1) is 11.8 Å². The summed E-state index contributed by atoms with van der Waals surface area (Å²) in [6.45, 7) is 11.7. The number of Topliss-reactive ketones (excluding diaryl/α,β-unsaturated/α-hetero) is 1. The number of ketones is 2. The number of allylic oxidation sites excluding steroid dienone is 3. The lowest BCUT2D eigenvalue weighted by molar-refractivity contribution is -0.240. The topological polar surface area (TPSA) is 183 Å². The van der Waals surface area contributed by atoms with Gasteiger partial charge in [0.15, 0.2) is 5.78 Å². The number of rotatable bonds is 17. The number of aliphatic hydroxyl groups excluding tert-OH is 2. The molecule has 350 valence electrons. The van der Waals surface area contributed by atoms with E-state index in [0.717, 1.165) is 20.0 Å². The van der Waals surface area contributed by atoms with E-state index < -0.39 is 36.6 Å². The summed E-state index contributed by atoms with van der Waals surface area (Å²) < 4.78 is 48.1. The van der Waals surface area contributed by atoms with Crippen LogP contribution in [0.25, 0.3) is 0 Å². The molecule has 3 unspecified atom stereocenters. The van der Waals surface area contributed by atoms with E-state index in [4.69, 9.17) is 61.1 Å². The van der Waals surface area contributed by atoms with E-state index in [1.165, 1.54) is 20.3 Å². The molecule has 18 heteroatoms. The molecule has 0 aromatic carbocycles. The number of carbonyl (C=O) groups excluding carboxylic acids is 4. The summed E-state index contributed by atoms with van der Waals surface area (Å²) in [7, 11) is 2.73. The van der Waals surface area contributed by atoms with Crippen LogP contribution in [0.1, 0.15) is 97.3 Å². The van der Waals surface area contributed by atoms with Crippen LogP contribution in [0.5, 0.6) is 0 Å². The summed E-state index contributed by atoms with van der Waals surface area (Å²) in [5.74, 6) is -0.574. The molecular weight excluding hydrogens is 1080 g/mol. The lowest BCUT2D eigenvalue weighted by atomic mass is 9.82. The van der Waals surface area contributed by atoms with Gasteiger partial charge < -0.3 is 48.1 Å². The van der Waals surface area contributed by atoms with Gasteiger partial charge in [-0.05, 0) is 104 Å². The van der Waals surface area contributed by atoms with Gasteiger partial charge in [0, 0.05) is 47.9 Å². The van der Waals surface area contributed by atoms with E-state index in [1.807, 2.05) is 13.8 Å². The van der Waals surface area contributed by atoms with Gasteiger partial charge in [-0.1, -0.05) is 27.0 Å². The summed E-state index contributed by atoms with van der Waals surface area (Å²) in [5.41, 5.74) is 0. The molecule has 6 aliphatic rings. The van der Waals surface area contributed by atoms with Gasteiger partial charge in [0.25, 0.3) is 0 Å². The van der Waals surface area contributed by atoms with Crippen LogP contribution in [-0.4, -0.2) is 138 Å². The van der Waals surface area contributed by atoms with Crippen molar-refractivity contribution >= 4 is 91.9 Å². The van der Waals surface area contributed by atoms with E-state index in [-0.39, 0.29) is 120 Å². The fraction of sp³-hybridized carbons (Fsp3) is 0.773. The summed E-state index contributed by atoms with van der Waals surface area (Å²) in [5, 5.41) is 21.3. The highest BCUT2D eigenvalue weighted by atomic mass is 127. The second-order valence-corrected chi connectivity index (χ2v) is 21.6. The minimum absolute atomic E-state index is 0.0203. The van der Waals surface area contributed by atoms with Crippen LogP contribution in [0.3, 0.4) is 0 Å². The number of hydrogen-bond donors (Lipinski definition) is 2. The van der Waals surface area contributed by atoms with E-state index in [1.54, 1.807) is 0 Å². The van der Waals surface area contributed by atoms with Crippen molar-refractivity contribution in [3.63, 3.8) is 0 Å². The Morgan fingerprint density at radius 2 is 1.21 bits per heavy atom. The SMILES string of the molecule is C=C(I)C[C@H](Cl)CCC(=O)/C=C1\O[C@@H]2C(O[C@H]3CC[C@H](CC(=O)OC)O[C@@H]3[C@@H]2C)[C@H]1O.C=C(I)C[C@H](Cl)CCC(=O)CC1O[C@@H]2C(O[C@H]3CC[C@H](CC(=O)OC)O[C@@H]3[C@@H]2C)[C@H]1O. The largest absolute Gasteiger partial charge is 0.489 e. The first-order chi connectivity index (χ1) is 29.4. The molecule has 6 aliphatic heterocycles. The second-order valence-electron chi connectivity index (χ2n) is 17.3. The standard InChI is InChI=1S/C22H32ClIO7.C22H30ClIO7/c2*1-11(24)8-13(23)4-5-14(25)9-17-19(27)22-21(31-17)12(2)20-16(30-22)7-6-15(29-20)10-18(26)28-3/h12-13,15-17,19-22,27H,1,4-10H2,2-3H3;9,12-13,15-16,19-22,27H,1,4-8,10H2,2-3H3/b;17-9-/t12-,13+,15+,16-,17?,19-,20+,21-,22?;12-,13+,15+,16-,19-,20+,21-,22?/m00/s1. The van der Waals surface area contributed by atoms with E-state index >= 15 is 0 Å². The van der Waals surface area contributed by atoms with Crippen molar-refractivity contribution in [2.45, 2.75) is 187 Å². The molecule has 62 heavy (non-hydrogen) atoms. The number of halogens is 4. The summed E-state index contributed by atoms with van der Waals surface area (Å²) in [6.07, 6.45) is 2.36. The molecule has 0 aromatic heterocycles. The number of aliphatic hydroxyl groups is 2. The molecule has 6 rings (SSSR count). The van der Waals surface area contributed by atoms with E-state index in [9.17, 15) is 29.4 Å². The molecule has 0 radical (unpaired) electrons. The Bertz CT molecular complexity index is 1630. The first kappa shape index (κ1) is 52.0. The molecule has 0 aliphatic carbocycles. The Hall–Kier alpha value is -0.940. The van der Waals surface area contributed by atoms with Crippen molar-refractivity contribution in [1.82, 2.24) is 0 Å². The lowest BCUT2D eigenvalue weighted by Gasteiger charge is -2.47. The van der Waals surface area contributed by atoms with Crippen LogP contribution in [0.4, 0.5) is 0 Å². The van der Waals surface area contributed by atoms with Gasteiger partial charge in [-0.15, -0.1) is 23.2 Å². The molecule has 0 saturated carbocycles. The van der Waals surface area contributed by atoms with Gasteiger partial charge in [0.2, 0.25) is 0 Å². The normalized spacial score (nSPS) is 37.5. The maximum absolute atomic E-state index is 12.5. The minimum Gasteiger partial charge on any atom is -0.489 e. The Morgan fingerprint density at radius 1 is 0.710 bits per heavy atom. The van der Waals surface area contributed by atoms with Gasteiger partial charge in [-0.25, -0.2) is 0 Å². The Labute approximate surface area is 402 Å². The van der Waals surface area contributed by atoms with E-state index in [2.05, 4.69) is 58.3 Å². The Kier molecular flexibility index (Phi) is 20.3. The number of hydrogen-bond acceptors (Lipinski definition) is 14. The molecule has 6 heterocycles. The highest BCUT2D eigenvalue weighted by molar-refractivity contribution is 14.1. The molecule has 6 fully saturated rings. The number of ether oxygens (including phenoxy) is 8. The molecular formula is C44H62Cl2I2O14. The predicted molar refractivity (Wildman–Crippen MR) is 246 cm³/mol. The molecule has 2 N–H and O–H groups in total. The fourth-order valence-corrected chi connectivity index (χ4v) is 11.5. The minimum atomic E-state index is -0.994. The highest BCUT2D eigenvalue weighted by Gasteiger charge is 2.57. The number of methoxy groups -OCH3 is 2. The van der Waals surface area contributed by atoms with Crippen molar-refractivity contribution in [1.29, 1.82) is 0 Å². The molecule has 0 amide bonds. The van der Waals surface area contributed by atoms with Crippen molar-refractivity contribution in [3.8, 4) is 0 Å². The van der Waals surface area contributed by atoms with Crippen LogP contribution < -0.4 is 0 Å². The van der Waals surface area contributed by atoms with Crippen molar-refractivity contribution < 1.29 is 67.3 Å². The zero-order chi connectivity index (χ0) is 45.4. The van der Waals surface area contributed by atoms with Crippen molar-refractivity contribution in [2.24, 2.45) is 11.8 Å².